The minimum absolute atomic E-state index is 0.192. The van der Waals surface area contributed by atoms with Crippen molar-refractivity contribution in [1.29, 1.82) is 0 Å². The van der Waals surface area contributed by atoms with Crippen LogP contribution in [-0.2, 0) is 13.1 Å². The Kier molecular flexibility index (Phi) is 5.23. The minimum Gasteiger partial charge on any atom is -0.320 e. The Hall–Kier alpha value is -1.76. The van der Waals surface area contributed by atoms with Crippen molar-refractivity contribution >= 4 is 0 Å². The van der Waals surface area contributed by atoms with Crippen LogP contribution in [-0.4, -0.2) is 10.4 Å². The van der Waals surface area contributed by atoms with Crippen LogP contribution in [0.15, 0.2) is 48.5 Å². The van der Waals surface area contributed by atoms with E-state index in [-0.39, 0.29) is 6.04 Å². The topological polar surface area (TPSA) is 90.5 Å². The van der Waals surface area contributed by atoms with Crippen LogP contribution in [0.5, 0.6) is 0 Å². The highest BCUT2D eigenvalue weighted by Crippen LogP contribution is 2.20. The Bertz CT molecular complexity index is 476. The molecule has 6 N–H and O–H groups in total. The highest BCUT2D eigenvalue weighted by molar-refractivity contribution is 5.34. The van der Waals surface area contributed by atoms with E-state index in [9.17, 15) is 0 Å². The SMILES string of the molecule is NC(c1ccc(CNO)cc1)c1ccc(CNO)cc1. The summed E-state index contributed by atoms with van der Waals surface area (Å²) in [6.45, 7) is 0.830. The molecule has 0 saturated carbocycles. The molecule has 2 rings (SSSR count). The van der Waals surface area contributed by atoms with Gasteiger partial charge in [0.05, 0.1) is 6.04 Å². The zero-order chi connectivity index (χ0) is 14.4. The van der Waals surface area contributed by atoms with E-state index in [0.717, 1.165) is 22.3 Å². The summed E-state index contributed by atoms with van der Waals surface area (Å²) >= 11 is 0. The van der Waals surface area contributed by atoms with Gasteiger partial charge in [-0.25, -0.2) is 11.0 Å². The molecule has 0 bridgehead atoms. The second-order valence-electron chi connectivity index (χ2n) is 4.63. The van der Waals surface area contributed by atoms with E-state index >= 15 is 0 Å². The van der Waals surface area contributed by atoms with Gasteiger partial charge >= 0.3 is 0 Å². The van der Waals surface area contributed by atoms with Crippen molar-refractivity contribution in [1.82, 2.24) is 11.0 Å². The normalized spacial score (nSPS) is 11.0. The maximum absolute atomic E-state index is 8.65. The number of hydroxylamine groups is 2. The van der Waals surface area contributed by atoms with Crippen molar-refractivity contribution in [2.24, 2.45) is 5.73 Å². The van der Waals surface area contributed by atoms with Gasteiger partial charge in [0.15, 0.2) is 0 Å². The van der Waals surface area contributed by atoms with Gasteiger partial charge in [-0.3, -0.25) is 0 Å². The fourth-order valence-electron chi connectivity index (χ4n) is 2.06. The van der Waals surface area contributed by atoms with Gasteiger partial charge in [0, 0.05) is 13.1 Å². The van der Waals surface area contributed by atoms with Crippen LogP contribution in [0.1, 0.15) is 28.3 Å². The van der Waals surface area contributed by atoms with E-state index in [1.54, 1.807) is 0 Å². The Morgan fingerprint density at radius 2 is 1.10 bits per heavy atom. The molecule has 0 spiro atoms. The van der Waals surface area contributed by atoms with Gasteiger partial charge in [0.25, 0.3) is 0 Å². The zero-order valence-electron chi connectivity index (χ0n) is 11.1. The van der Waals surface area contributed by atoms with Gasteiger partial charge in [0.1, 0.15) is 0 Å². The first kappa shape index (κ1) is 14.6. The summed E-state index contributed by atoms with van der Waals surface area (Å²) in [6.07, 6.45) is 0. The third-order valence-corrected chi connectivity index (χ3v) is 3.24. The first-order chi connectivity index (χ1) is 9.74. The van der Waals surface area contributed by atoms with Crippen LogP contribution in [0.2, 0.25) is 0 Å². The average molecular weight is 273 g/mol. The summed E-state index contributed by atoms with van der Waals surface area (Å²) in [6, 6.07) is 15.4. The lowest BCUT2D eigenvalue weighted by atomic mass is 9.97. The Balaban J connectivity index is 2.11. The molecule has 0 aromatic heterocycles. The number of benzene rings is 2. The van der Waals surface area contributed by atoms with E-state index in [0.29, 0.717) is 13.1 Å². The van der Waals surface area contributed by atoms with Crippen LogP contribution in [0.25, 0.3) is 0 Å². The van der Waals surface area contributed by atoms with E-state index in [1.807, 2.05) is 48.5 Å². The lowest BCUT2D eigenvalue weighted by molar-refractivity contribution is 0.161. The largest absolute Gasteiger partial charge is 0.320 e. The van der Waals surface area contributed by atoms with Gasteiger partial charge in [-0.2, -0.15) is 0 Å². The number of hydrogen-bond donors (Lipinski definition) is 5. The molecule has 0 aliphatic carbocycles. The van der Waals surface area contributed by atoms with Crippen molar-refractivity contribution in [2.75, 3.05) is 0 Å². The minimum atomic E-state index is -0.192. The quantitative estimate of drug-likeness (QED) is 0.517. The molecule has 0 fully saturated rings. The van der Waals surface area contributed by atoms with Gasteiger partial charge < -0.3 is 16.1 Å². The van der Waals surface area contributed by atoms with Gasteiger partial charge in [-0.05, 0) is 22.3 Å². The van der Waals surface area contributed by atoms with Crippen molar-refractivity contribution in [3.8, 4) is 0 Å². The molecule has 0 atom stereocenters. The summed E-state index contributed by atoms with van der Waals surface area (Å²) in [7, 11) is 0. The molecule has 2 aromatic carbocycles. The summed E-state index contributed by atoms with van der Waals surface area (Å²) in [4.78, 5) is 0. The maximum atomic E-state index is 8.65. The van der Waals surface area contributed by atoms with E-state index < -0.39 is 0 Å². The van der Waals surface area contributed by atoms with Crippen molar-refractivity contribution in [3.63, 3.8) is 0 Å². The third-order valence-electron chi connectivity index (χ3n) is 3.24. The molecule has 0 radical (unpaired) electrons. The molecule has 0 amide bonds. The van der Waals surface area contributed by atoms with Crippen molar-refractivity contribution < 1.29 is 10.4 Å². The molecule has 0 unspecified atom stereocenters. The second-order valence-corrected chi connectivity index (χ2v) is 4.63. The fourth-order valence-corrected chi connectivity index (χ4v) is 2.06. The fraction of sp³-hybridized carbons (Fsp3) is 0.200. The number of hydrogen-bond acceptors (Lipinski definition) is 5. The standard InChI is InChI=1S/C15H19N3O2/c16-15(13-5-1-11(2-6-13)9-17-19)14-7-3-12(4-8-14)10-18-20/h1-8,15,17-20H,9-10,16H2. The monoisotopic (exact) mass is 273 g/mol. The molecule has 0 saturated heterocycles. The Morgan fingerprint density at radius 3 is 1.40 bits per heavy atom. The van der Waals surface area contributed by atoms with E-state index in [4.69, 9.17) is 16.1 Å². The highest BCUT2D eigenvalue weighted by atomic mass is 16.5. The number of rotatable bonds is 6. The maximum Gasteiger partial charge on any atom is 0.0551 e. The summed E-state index contributed by atoms with van der Waals surface area (Å²) in [5, 5.41) is 17.3. The first-order valence-corrected chi connectivity index (χ1v) is 6.41. The third kappa shape index (κ3) is 3.63. The predicted molar refractivity (Wildman–Crippen MR) is 76.2 cm³/mol. The van der Waals surface area contributed by atoms with Crippen LogP contribution < -0.4 is 16.7 Å². The Morgan fingerprint density at radius 1 is 0.750 bits per heavy atom. The second kappa shape index (κ2) is 7.14. The molecule has 0 aliphatic heterocycles. The van der Waals surface area contributed by atoms with Gasteiger partial charge in [-0.1, -0.05) is 48.5 Å². The van der Waals surface area contributed by atoms with Crippen LogP contribution in [0.4, 0.5) is 0 Å². The van der Waals surface area contributed by atoms with E-state index in [1.165, 1.54) is 0 Å². The molecule has 106 valence electrons. The van der Waals surface area contributed by atoms with Crippen molar-refractivity contribution in [2.45, 2.75) is 19.1 Å². The smallest absolute Gasteiger partial charge is 0.0551 e. The predicted octanol–water partition coefficient (Wildman–Crippen LogP) is 1.69. The van der Waals surface area contributed by atoms with E-state index in [2.05, 4.69) is 11.0 Å². The average Bonchev–Trinajstić information content (AvgIpc) is 2.49. The summed E-state index contributed by atoms with van der Waals surface area (Å²) in [5.74, 6) is 0. The lowest BCUT2D eigenvalue weighted by Crippen LogP contribution is -2.13. The summed E-state index contributed by atoms with van der Waals surface area (Å²) < 4.78 is 0. The number of nitrogens with two attached hydrogens (primary N) is 1. The molecule has 0 aliphatic rings. The summed E-state index contributed by atoms with van der Waals surface area (Å²) in [5.41, 5.74) is 14.5. The zero-order valence-corrected chi connectivity index (χ0v) is 11.1. The molecular formula is C15H19N3O2. The molecular weight excluding hydrogens is 254 g/mol. The molecule has 5 heteroatoms. The van der Waals surface area contributed by atoms with Gasteiger partial charge in [0.2, 0.25) is 0 Å². The molecule has 5 nitrogen and oxygen atoms in total. The van der Waals surface area contributed by atoms with Crippen LogP contribution >= 0.6 is 0 Å². The molecule has 20 heavy (non-hydrogen) atoms. The lowest BCUT2D eigenvalue weighted by Gasteiger charge is -2.14. The first-order valence-electron chi connectivity index (χ1n) is 6.41. The Labute approximate surface area is 118 Å². The van der Waals surface area contributed by atoms with Crippen LogP contribution in [0.3, 0.4) is 0 Å². The molecule has 0 heterocycles. The van der Waals surface area contributed by atoms with Crippen molar-refractivity contribution in [3.05, 3.63) is 70.8 Å². The molecule has 2 aromatic rings. The van der Waals surface area contributed by atoms with Gasteiger partial charge in [-0.15, -0.1) is 0 Å². The van der Waals surface area contributed by atoms with Crippen LogP contribution in [0, 0.1) is 0 Å². The number of nitrogens with one attached hydrogen (secondary N) is 2. The highest BCUT2D eigenvalue weighted by Gasteiger charge is 2.08.